The molecule has 2 N–H and O–H groups in total. The summed E-state index contributed by atoms with van der Waals surface area (Å²) in [6.07, 6.45) is -0.0664. The van der Waals surface area contributed by atoms with Gasteiger partial charge in [0.2, 0.25) is 0 Å². The van der Waals surface area contributed by atoms with E-state index in [2.05, 4.69) is 5.32 Å². The standard InChI is InChI=1S/C15H22FNO3/c1-5-17-15(4,14(18)19)9-11(3)20-12-7-6-10(2)13(16)8-12/h6-8,11,17H,5,9H2,1-4H3,(H,18,19). The Hall–Kier alpha value is -1.62. The number of halogens is 1. The van der Waals surface area contributed by atoms with Crippen molar-refractivity contribution in [1.82, 2.24) is 5.32 Å². The highest BCUT2D eigenvalue weighted by Crippen LogP contribution is 2.21. The molecule has 2 atom stereocenters. The molecule has 0 radical (unpaired) electrons. The zero-order valence-corrected chi connectivity index (χ0v) is 12.4. The molecule has 4 nitrogen and oxygen atoms in total. The van der Waals surface area contributed by atoms with Crippen molar-refractivity contribution < 1.29 is 19.0 Å². The molecule has 0 spiro atoms. The summed E-state index contributed by atoms with van der Waals surface area (Å²) in [5.41, 5.74) is -0.509. The minimum absolute atomic E-state index is 0.283. The lowest BCUT2D eigenvalue weighted by molar-refractivity contribution is -0.145. The molecule has 1 aromatic carbocycles. The number of rotatable bonds is 7. The molecule has 0 bridgehead atoms. The van der Waals surface area contributed by atoms with Gasteiger partial charge in [0.1, 0.15) is 17.1 Å². The van der Waals surface area contributed by atoms with Crippen LogP contribution >= 0.6 is 0 Å². The summed E-state index contributed by atoms with van der Waals surface area (Å²) >= 11 is 0. The third kappa shape index (κ3) is 4.20. The van der Waals surface area contributed by atoms with E-state index in [1.54, 1.807) is 32.9 Å². The number of likely N-dealkylation sites (N-methyl/N-ethyl adjacent to an activating group) is 1. The fourth-order valence-corrected chi connectivity index (χ4v) is 2.12. The van der Waals surface area contributed by atoms with Gasteiger partial charge in [0, 0.05) is 12.5 Å². The second-order valence-electron chi connectivity index (χ2n) is 5.21. The maximum Gasteiger partial charge on any atom is 0.323 e. The lowest BCUT2D eigenvalue weighted by atomic mass is 9.95. The summed E-state index contributed by atoms with van der Waals surface area (Å²) in [6.45, 7) is 7.47. The van der Waals surface area contributed by atoms with Crippen LogP contribution in [0.1, 0.15) is 32.8 Å². The van der Waals surface area contributed by atoms with E-state index in [1.807, 2.05) is 6.92 Å². The Bertz CT molecular complexity index is 478. The number of nitrogens with one attached hydrogen (secondary N) is 1. The molecule has 112 valence electrons. The van der Waals surface area contributed by atoms with Crippen LogP contribution in [0.25, 0.3) is 0 Å². The van der Waals surface area contributed by atoms with Gasteiger partial charge in [-0.1, -0.05) is 13.0 Å². The average molecular weight is 283 g/mol. The van der Waals surface area contributed by atoms with Gasteiger partial charge >= 0.3 is 5.97 Å². The number of aryl methyl sites for hydroxylation is 1. The first-order valence-corrected chi connectivity index (χ1v) is 6.69. The Morgan fingerprint density at radius 2 is 2.20 bits per heavy atom. The minimum atomic E-state index is -1.06. The molecule has 1 aromatic rings. The zero-order chi connectivity index (χ0) is 15.3. The van der Waals surface area contributed by atoms with Crippen LogP contribution in [0, 0.1) is 12.7 Å². The monoisotopic (exact) mass is 283 g/mol. The summed E-state index contributed by atoms with van der Waals surface area (Å²) in [5.74, 6) is -0.850. The van der Waals surface area contributed by atoms with Crippen molar-refractivity contribution in [3.63, 3.8) is 0 Å². The van der Waals surface area contributed by atoms with Crippen LogP contribution in [-0.2, 0) is 4.79 Å². The predicted molar refractivity (Wildman–Crippen MR) is 75.6 cm³/mol. The van der Waals surface area contributed by atoms with Crippen molar-refractivity contribution in [2.75, 3.05) is 6.54 Å². The van der Waals surface area contributed by atoms with Gasteiger partial charge in [0.15, 0.2) is 0 Å². The lowest BCUT2D eigenvalue weighted by Crippen LogP contribution is -2.51. The number of benzene rings is 1. The largest absolute Gasteiger partial charge is 0.491 e. The molecule has 2 unspecified atom stereocenters. The quantitative estimate of drug-likeness (QED) is 0.808. The smallest absolute Gasteiger partial charge is 0.323 e. The summed E-state index contributed by atoms with van der Waals surface area (Å²) in [4.78, 5) is 11.3. The molecule has 0 fully saturated rings. The van der Waals surface area contributed by atoms with Crippen molar-refractivity contribution in [3.05, 3.63) is 29.6 Å². The highest BCUT2D eigenvalue weighted by atomic mass is 19.1. The maximum atomic E-state index is 13.4. The number of aliphatic carboxylic acids is 1. The molecule has 5 heteroatoms. The van der Waals surface area contributed by atoms with E-state index in [4.69, 9.17) is 4.74 Å². The molecule has 20 heavy (non-hydrogen) atoms. The van der Waals surface area contributed by atoms with Crippen LogP contribution in [0.15, 0.2) is 18.2 Å². The number of carbonyl (C=O) groups is 1. The SMILES string of the molecule is CCNC(C)(CC(C)Oc1ccc(C)c(F)c1)C(=O)O. The van der Waals surface area contributed by atoms with E-state index in [-0.39, 0.29) is 18.3 Å². The summed E-state index contributed by atoms with van der Waals surface area (Å²) in [6, 6.07) is 4.63. The highest BCUT2D eigenvalue weighted by Gasteiger charge is 2.34. The average Bonchev–Trinajstić information content (AvgIpc) is 2.33. The van der Waals surface area contributed by atoms with E-state index >= 15 is 0 Å². The molecule has 0 aliphatic rings. The number of carboxylic acids is 1. The second kappa shape index (κ2) is 6.70. The van der Waals surface area contributed by atoms with Gasteiger partial charge in [-0.15, -0.1) is 0 Å². The van der Waals surface area contributed by atoms with E-state index in [0.717, 1.165) is 0 Å². The van der Waals surface area contributed by atoms with Gasteiger partial charge < -0.3 is 15.2 Å². The van der Waals surface area contributed by atoms with Gasteiger partial charge in [-0.3, -0.25) is 4.79 Å². The van der Waals surface area contributed by atoms with Crippen LogP contribution in [0.2, 0.25) is 0 Å². The summed E-state index contributed by atoms with van der Waals surface area (Å²) < 4.78 is 19.0. The van der Waals surface area contributed by atoms with E-state index in [1.165, 1.54) is 6.07 Å². The molecule has 0 aliphatic heterocycles. The fraction of sp³-hybridized carbons (Fsp3) is 0.533. The molecule has 0 aliphatic carbocycles. The van der Waals surface area contributed by atoms with Gasteiger partial charge in [0.25, 0.3) is 0 Å². The van der Waals surface area contributed by atoms with Crippen molar-refractivity contribution in [2.24, 2.45) is 0 Å². The Kier molecular flexibility index (Phi) is 5.51. The Morgan fingerprint density at radius 3 is 2.70 bits per heavy atom. The number of ether oxygens (including phenoxy) is 1. The molecule has 0 heterocycles. The Labute approximate surface area is 119 Å². The summed E-state index contributed by atoms with van der Waals surface area (Å²) in [5, 5.41) is 12.2. The highest BCUT2D eigenvalue weighted by molar-refractivity contribution is 5.78. The topological polar surface area (TPSA) is 58.6 Å². The van der Waals surface area contributed by atoms with Crippen LogP contribution in [0.3, 0.4) is 0 Å². The van der Waals surface area contributed by atoms with Gasteiger partial charge in [-0.05, 0) is 38.9 Å². The molecule has 0 amide bonds. The maximum absolute atomic E-state index is 13.4. The first kappa shape index (κ1) is 16.4. The van der Waals surface area contributed by atoms with E-state index in [9.17, 15) is 14.3 Å². The first-order valence-electron chi connectivity index (χ1n) is 6.69. The second-order valence-corrected chi connectivity index (χ2v) is 5.21. The molecular formula is C15H22FNO3. The predicted octanol–water partition coefficient (Wildman–Crippen LogP) is 2.74. The normalized spacial score (nSPS) is 15.4. The van der Waals surface area contributed by atoms with Crippen LogP contribution in [0.5, 0.6) is 5.75 Å². The molecule has 0 saturated carbocycles. The molecular weight excluding hydrogens is 261 g/mol. The Morgan fingerprint density at radius 1 is 1.55 bits per heavy atom. The van der Waals surface area contributed by atoms with E-state index < -0.39 is 11.5 Å². The van der Waals surface area contributed by atoms with Gasteiger partial charge in [-0.2, -0.15) is 0 Å². The van der Waals surface area contributed by atoms with Crippen molar-refractivity contribution in [3.8, 4) is 5.75 Å². The number of carboxylic acid groups (broad SMARTS) is 1. The fourth-order valence-electron chi connectivity index (χ4n) is 2.12. The van der Waals surface area contributed by atoms with Crippen molar-refractivity contribution in [2.45, 2.75) is 45.8 Å². The van der Waals surface area contributed by atoms with E-state index in [0.29, 0.717) is 17.9 Å². The van der Waals surface area contributed by atoms with Crippen LogP contribution < -0.4 is 10.1 Å². The molecule has 0 saturated heterocycles. The van der Waals surface area contributed by atoms with Gasteiger partial charge in [-0.25, -0.2) is 4.39 Å². The third-order valence-corrected chi connectivity index (χ3v) is 3.22. The molecule has 1 rings (SSSR count). The zero-order valence-electron chi connectivity index (χ0n) is 12.4. The molecule has 0 aromatic heterocycles. The Balaban J connectivity index is 2.72. The minimum Gasteiger partial charge on any atom is -0.491 e. The van der Waals surface area contributed by atoms with Crippen LogP contribution in [-0.4, -0.2) is 29.3 Å². The van der Waals surface area contributed by atoms with Gasteiger partial charge in [0.05, 0.1) is 6.10 Å². The van der Waals surface area contributed by atoms with Crippen molar-refractivity contribution >= 4 is 5.97 Å². The van der Waals surface area contributed by atoms with Crippen LogP contribution in [0.4, 0.5) is 4.39 Å². The number of hydrogen-bond acceptors (Lipinski definition) is 3. The lowest BCUT2D eigenvalue weighted by Gasteiger charge is -2.29. The number of hydrogen-bond donors (Lipinski definition) is 2. The summed E-state index contributed by atoms with van der Waals surface area (Å²) in [7, 11) is 0. The third-order valence-electron chi connectivity index (χ3n) is 3.22. The van der Waals surface area contributed by atoms with Crippen molar-refractivity contribution in [1.29, 1.82) is 0 Å². The first-order chi connectivity index (χ1) is 9.28.